The van der Waals surface area contributed by atoms with Gasteiger partial charge < -0.3 is 19.4 Å². The maximum Gasteiger partial charge on any atom is 0.257 e. The first-order valence-electron chi connectivity index (χ1n) is 14.0. The van der Waals surface area contributed by atoms with Gasteiger partial charge >= 0.3 is 0 Å². The molecule has 0 atom stereocenters. The smallest absolute Gasteiger partial charge is 0.257 e. The molecular formula is C33H41N3O3. The summed E-state index contributed by atoms with van der Waals surface area (Å²) in [6.45, 7) is 10.4. The van der Waals surface area contributed by atoms with E-state index in [0.29, 0.717) is 13.2 Å². The number of unbranched alkanes of at least 4 members (excludes halogenated alkanes) is 2. The predicted molar refractivity (Wildman–Crippen MR) is 158 cm³/mol. The molecule has 4 aromatic rings. The van der Waals surface area contributed by atoms with Crippen LogP contribution in [0, 0.1) is 27.7 Å². The lowest BCUT2D eigenvalue weighted by Gasteiger charge is -2.12. The van der Waals surface area contributed by atoms with Gasteiger partial charge in [-0.1, -0.05) is 36.8 Å². The molecule has 0 radical (unpaired) electrons. The molecule has 206 valence electrons. The van der Waals surface area contributed by atoms with E-state index < -0.39 is 0 Å². The number of carbonyl (C=O) groups is 1. The summed E-state index contributed by atoms with van der Waals surface area (Å²) >= 11 is 0. The van der Waals surface area contributed by atoms with Crippen LogP contribution in [0.2, 0.25) is 0 Å². The van der Waals surface area contributed by atoms with Crippen molar-refractivity contribution in [1.29, 1.82) is 0 Å². The Labute approximate surface area is 232 Å². The number of rotatable bonds is 14. The SMILES string of the molecule is Cc1cc(C)cc(OCCCn2c(CCCCCNC(=O)COc3cc(C)ccc3C)nc3ccccc32)c1. The summed E-state index contributed by atoms with van der Waals surface area (Å²) in [5.74, 6) is 2.74. The molecule has 3 aromatic carbocycles. The molecule has 1 aromatic heterocycles. The Morgan fingerprint density at radius 2 is 1.64 bits per heavy atom. The lowest BCUT2D eigenvalue weighted by atomic mass is 10.1. The summed E-state index contributed by atoms with van der Waals surface area (Å²) in [6.07, 6.45) is 4.81. The van der Waals surface area contributed by atoms with Crippen molar-refractivity contribution < 1.29 is 14.3 Å². The van der Waals surface area contributed by atoms with E-state index in [2.05, 4.69) is 60.1 Å². The Morgan fingerprint density at radius 3 is 2.46 bits per heavy atom. The van der Waals surface area contributed by atoms with E-state index in [9.17, 15) is 4.79 Å². The van der Waals surface area contributed by atoms with Crippen LogP contribution >= 0.6 is 0 Å². The first-order valence-corrected chi connectivity index (χ1v) is 14.0. The molecule has 0 bridgehead atoms. The molecule has 6 nitrogen and oxygen atoms in total. The van der Waals surface area contributed by atoms with Crippen molar-refractivity contribution >= 4 is 16.9 Å². The molecule has 1 heterocycles. The highest BCUT2D eigenvalue weighted by Gasteiger charge is 2.11. The molecule has 4 rings (SSSR count). The highest BCUT2D eigenvalue weighted by Crippen LogP contribution is 2.21. The molecule has 6 heteroatoms. The van der Waals surface area contributed by atoms with Crippen LogP contribution < -0.4 is 14.8 Å². The minimum Gasteiger partial charge on any atom is -0.494 e. The Balaban J connectivity index is 1.19. The van der Waals surface area contributed by atoms with Gasteiger partial charge in [0.05, 0.1) is 17.6 Å². The number of aromatic nitrogens is 2. The topological polar surface area (TPSA) is 65.4 Å². The van der Waals surface area contributed by atoms with Gasteiger partial charge in [0.1, 0.15) is 17.3 Å². The van der Waals surface area contributed by atoms with Crippen molar-refractivity contribution in [3.63, 3.8) is 0 Å². The number of ether oxygens (including phenoxy) is 2. The van der Waals surface area contributed by atoms with E-state index >= 15 is 0 Å². The van der Waals surface area contributed by atoms with Crippen LogP contribution in [0.15, 0.2) is 60.7 Å². The van der Waals surface area contributed by atoms with Gasteiger partial charge in [-0.2, -0.15) is 0 Å². The third-order valence-electron chi connectivity index (χ3n) is 6.83. The normalized spacial score (nSPS) is 11.1. The van der Waals surface area contributed by atoms with Crippen LogP contribution in [0.25, 0.3) is 11.0 Å². The third-order valence-corrected chi connectivity index (χ3v) is 6.83. The number of nitrogens with one attached hydrogen (secondary N) is 1. The van der Waals surface area contributed by atoms with Crippen LogP contribution in [0.4, 0.5) is 0 Å². The molecule has 1 N–H and O–H groups in total. The highest BCUT2D eigenvalue weighted by molar-refractivity contribution is 5.77. The first kappa shape index (κ1) is 28.2. The molecule has 0 saturated heterocycles. The van der Waals surface area contributed by atoms with E-state index in [-0.39, 0.29) is 12.5 Å². The minimum absolute atomic E-state index is 0.0432. The summed E-state index contributed by atoms with van der Waals surface area (Å²) in [5, 5.41) is 2.97. The molecule has 0 spiro atoms. The van der Waals surface area contributed by atoms with Gasteiger partial charge in [0.2, 0.25) is 0 Å². The van der Waals surface area contributed by atoms with Gasteiger partial charge in [-0.05, 0) is 99.5 Å². The molecule has 0 aliphatic heterocycles. The Bertz CT molecular complexity index is 1370. The molecule has 0 aliphatic carbocycles. The fourth-order valence-corrected chi connectivity index (χ4v) is 4.86. The van der Waals surface area contributed by atoms with E-state index in [1.807, 2.05) is 38.1 Å². The molecule has 0 saturated carbocycles. The second-order valence-electron chi connectivity index (χ2n) is 10.4. The number of aryl methyl sites for hydroxylation is 6. The van der Waals surface area contributed by atoms with Crippen LogP contribution in [0.5, 0.6) is 11.5 Å². The highest BCUT2D eigenvalue weighted by atomic mass is 16.5. The van der Waals surface area contributed by atoms with Crippen LogP contribution in [0.3, 0.4) is 0 Å². The minimum atomic E-state index is -0.0826. The number of carbonyl (C=O) groups excluding carboxylic acids is 1. The standard InChI is InChI=1S/C33H41N3O3/c1-24-14-15-27(4)31(22-24)39-23-33(37)34-16-9-5-6-13-32-35-29-11-7-8-12-30(29)36(32)17-10-18-38-28-20-25(2)19-26(3)21-28/h7-8,11-12,14-15,19-22H,5-6,9-10,13,16-18,23H2,1-4H3,(H,34,37). The number of imidazole rings is 1. The molecule has 0 aliphatic rings. The maximum atomic E-state index is 12.2. The van der Waals surface area contributed by atoms with Gasteiger partial charge in [-0.25, -0.2) is 4.98 Å². The fraction of sp³-hybridized carbons (Fsp3) is 0.394. The average molecular weight is 528 g/mol. The molecule has 39 heavy (non-hydrogen) atoms. The number of hydrogen-bond acceptors (Lipinski definition) is 4. The lowest BCUT2D eigenvalue weighted by molar-refractivity contribution is -0.123. The third kappa shape index (κ3) is 8.34. The van der Waals surface area contributed by atoms with E-state index in [0.717, 1.165) is 72.6 Å². The van der Waals surface area contributed by atoms with Crippen molar-refractivity contribution in [1.82, 2.24) is 14.9 Å². The van der Waals surface area contributed by atoms with E-state index in [1.54, 1.807) is 0 Å². The van der Waals surface area contributed by atoms with Gasteiger partial charge in [0.25, 0.3) is 5.91 Å². The van der Waals surface area contributed by atoms with E-state index in [4.69, 9.17) is 14.5 Å². The molecule has 0 unspecified atom stereocenters. The largest absolute Gasteiger partial charge is 0.494 e. The average Bonchev–Trinajstić information content (AvgIpc) is 3.25. The number of amides is 1. The van der Waals surface area contributed by atoms with Crippen molar-refractivity contribution in [3.05, 3.63) is 88.7 Å². The zero-order valence-corrected chi connectivity index (χ0v) is 23.8. The summed E-state index contributed by atoms with van der Waals surface area (Å²) in [7, 11) is 0. The summed E-state index contributed by atoms with van der Waals surface area (Å²) < 4.78 is 14.1. The summed E-state index contributed by atoms with van der Waals surface area (Å²) in [5.41, 5.74) is 6.81. The number of benzene rings is 3. The summed E-state index contributed by atoms with van der Waals surface area (Å²) in [6, 6.07) is 20.7. The second kappa shape index (κ2) is 13.8. The first-order chi connectivity index (χ1) is 18.9. The van der Waals surface area contributed by atoms with Crippen LogP contribution in [0.1, 0.15) is 53.8 Å². The Morgan fingerprint density at radius 1 is 0.846 bits per heavy atom. The quantitative estimate of drug-likeness (QED) is 0.187. The van der Waals surface area contributed by atoms with Crippen molar-refractivity contribution in [2.24, 2.45) is 0 Å². The Hall–Kier alpha value is -3.80. The van der Waals surface area contributed by atoms with Crippen molar-refractivity contribution in [2.45, 2.75) is 66.3 Å². The lowest BCUT2D eigenvalue weighted by Crippen LogP contribution is -2.29. The predicted octanol–water partition coefficient (Wildman–Crippen LogP) is 6.65. The molecule has 0 fully saturated rings. The van der Waals surface area contributed by atoms with Crippen molar-refractivity contribution in [3.8, 4) is 11.5 Å². The van der Waals surface area contributed by atoms with Crippen LogP contribution in [-0.4, -0.2) is 35.2 Å². The number of hydrogen-bond donors (Lipinski definition) is 1. The summed E-state index contributed by atoms with van der Waals surface area (Å²) in [4.78, 5) is 17.1. The van der Waals surface area contributed by atoms with E-state index in [1.165, 1.54) is 16.6 Å². The number of nitrogens with zero attached hydrogens (tertiary/aromatic N) is 2. The zero-order valence-electron chi connectivity index (χ0n) is 23.8. The monoisotopic (exact) mass is 527 g/mol. The van der Waals surface area contributed by atoms with Crippen molar-refractivity contribution in [2.75, 3.05) is 19.8 Å². The van der Waals surface area contributed by atoms with Gasteiger partial charge in [-0.3, -0.25) is 4.79 Å². The van der Waals surface area contributed by atoms with Crippen LogP contribution in [-0.2, 0) is 17.8 Å². The zero-order chi connectivity index (χ0) is 27.6. The molecular weight excluding hydrogens is 486 g/mol. The maximum absolute atomic E-state index is 12.2. The Kier molecular flexibility index (Phi) is 10.0. The molecule has 1 amide bonds. The number of fused-ring (bicyclic) bond motifs is 1. The van der Waals surface area contributed by atoms with Gasteiger partial charge in [0.15, 0.2) is 6.61 Å². The number of para-hydroxylation sites is 2. The second-order valence-corrected chi connectivity index (χ2v) is 10.4. The van der Waals surface area contributed by atoms with Gasteiger partial charge in [-0.15, -0.1) is 0 Å². The fourth-order valence-electron chi connectivity index (χ4n) is 4.86. The van der Waals surface area contributed by atoms with Gasteiger partial charge in [0, 0.05) is 19.5 Å².